The van der Waals surface area contributed by atoms with Gasteiger partial charge in [0.2, 0.25) is 0 Å². The van der Waals surface area contributed by atoms with Crippen LogP contribution in [0.15, 0.2) is 18.2 Å². The van der Waals surface area contributed by atoms with Gasteiger partial charge in [0.15, 0.2) is 6.61 Å². The van der Waals surface area contributed by atoms with E-state index in [0.717, 1.165) is 25.0 Å². The van der Waals surface area contributed by atoms with E-state index in [-0.39, 0.29) is 18.3 Å². The SMILES string of the molecule is CCCCNC(=O)COc1ccc([N+](=O)[O-])c(C(=O)O)c1. The van der Waals surface area contributed by atoms with Gasteiger partial charge in [0.1, 0.15) is 11.3 Å². The second kappa shape index (κ2) is 7.83. The maximum atomic E-state index is 11.4. The first-order valence-electron chi connectivity index (χ1n) is 6.37. The summed E-state index contributed by atoms with van der Waals surface area (Å²) in [7, 11) is 0. The Hall–Kier alpha value is -2.64. The van der Waals surface area contributed by atoms with E-state index in [2.05, 4.69) is 5.32 Å². The summed E-state index contributed by atoms with van der Waals surface area (Å²) in [5, 5.41) is 22.2. The fourth-order valence-electron chi connectivity index (χ4n) is 1.54. The molecule has 0 bridgehead atoms. The van der Waals surface area contributed by atoms with Crippen LogP contribution in [-0.4, -0.2) is 35.1 Å². The van der Waals surface area contributed by atoms with Crippen LogP contribution in [0, 0.1) is 10.1 Å². The molecule has 1 aromatic carbocycles. The number of aromatic carboxylic acids is 1. The van der Waals surface area contributed by atoms with Crippen LogP contribution in [0.4, 0.5) is 5.69 Å². The third-order valence-electron chi connectivity index (χ3n) is 2.62. The average molecular weight is 296 g/mol. The number of carboxylic acid groups (broad SMARTS) is 1. The average Bonchev–Trinajstić information content (AvgIpc) is 2.44. The molecule has 0 unspecified atom stereocenters. The standard InChI is InChI=1S/C13H16N2O6/c1-2-3-6-14-12(16)8-21-9-4-5-11(15(19)20)10(7-9)13(17)18/h4-5,7H,2-3,6,8H2,1H3,(H,14,16)(H,17,18). The summed E-state index contributed by atoms with van der Waals surface area (Å²) in [5.41, 5.74) is -1.01. The van der Waals surface area contributed by atoms with Gasteiger partial charge in [-0.2, -0.15) is 0 Å². The highest BCUT2D eigenvalue weighted by Crippen LogP contribution is 2.24. The molecular formula is C13H16N2O6. The van der Waals surface area contributed by atoms with Gasteiger partial charge in [-0.3, -0.25) is 14.9 Å². The number of ether oxygens (including phenoxy) is 1. The van der Waals surface area contributed by atoms with Crippen molar-refractivity contribution in [3.05, 3.63) is 33.9 Å². The number of carbonyl (C=O) groups excluding carboxylic acids is 1. The van der Waals surface area contributed by atoms with Gasteiger partial charge >= 0.3 is 5.97 Å². The Balaban J connectivity index is 2.68. The first kappa shape index (κ1) is 16.4. The third-order valence-corrected chi connectivity index (χ3v) is 2.62. The van der Waals surface area contributed by atoms with Crippen molar-refractivity contribution in [3.8, 4) is 5.75 Å². The number of nitro benzene ring substituents is 1. The van der Waals surface area contributed by atoms with Crippen LogP contribution in [0.5, 0.6) is 5.75 Å². The molecule has 0 atom stereocenters. The van der Waals surface area contributed by atoms with E-state index in [0.29, 0.717) is 6.54 Å². The number of amides is 1. The van der Waals surface area contributed by atoms with Crippen LogP contribution in [0.25, 0.3) is 0 Å². The Morgan fingerprint density at radius 1 is 1.43 bits per heavy atom. The molecule has 0 aliphatic carbocycles. The second-order valence-corrected chi connectivity index (χ2v) is 4.23. The van der Waals surface area contributed by atoms with Gasteiger partial charge in [0.25, 0.3) is 11.6 Å². The number of nitrogens with one attached hydrogen (secondary N) is 1. The molecule has 1 amide bonds. The highest BCUT2D eigenvalue weighted by molar-refractivity contribution is 5.92. The largest absolute Gasteiger partial charge is 0.484 e. The fourth-order valence-corrected chi connectivity index (χ4v) is 1.54. The third kappa shape index (κ3) is 5.09. The molecule has 0 radical (unpaired) electrons. The lowest BCUT2D eigenvalue weighted by atomic mass is 10.1. The van der Waals surface area contributed by atoms with E-state index < -0.39 is 22.1 Å². The zero-order valence-electron chi connectivity index (χ0n) is 11.5. The molecule has 8 heteroatoms. The van der Waals surface area contributed by atoms with E-state index in [1.807, 2.05) is 6.92 Å². The second-order valence-electron chi connectivity index (χ2n) is 4.23. The summed E-state index contributed by atoms with van der Waals surface area (Å²) in [4.78, 5) is 32.3. The molecule has 21 heavy (non-hydrogen) atoms. The molecule has 8 nitrogen and oxygen atoms in total. The Morgan fingerprint density at radius 3 is 2.71 bits per heavy atom. The predicted molar refractivity (Wildman–Crippen MR) is 73.5 cm³/mol. The quantitative estimate of drug-likeness (QED) is 0.427. The van der Waals surface area contributed by atoms with Crippen molar-refractivity contribution in [2.45, 2.75) is 19.8 Å². The lowest BCUT2D eigenvalue weighted by molar-refractivity contribution is -0.385. The lowest BCUT2D eigenvalue weighted by Crippen LogP contribution is -2.29. The number of hydrogen-bond acceptors (Lipinski definition) is 5. The van der Waals surface area contributed by atoms with Crippen LogP contribution >= 0.6 is 0 Å². The summed E-state index contributed by atoms with van der Waals surface area (Å²) in [6.45, 7) is 2.26. The van der Waals surface area contributed by atoms with E-state index in [1.54, 1.807) is 0 Å². The molecular weight excluding hydrogens is 280 g/mol. The summed E-state index contributed by atoms with van der Waals surface area (Å²) in [5.74, 6) is -1.68. The Kier molecular flexibility index (Phi) is 6.12. The lowest BCUT2D eigenvalue weighted by Gasteiger charge is -2.08. The van der Waals surface area contributed by atoms with Crippen LogP contribution in [-0.2, 0) is 4.79 Å². The van der Waals surface area contributed by atoms with Crippen molar-refractivity contribution in [1.82, 2.24) is 5.32 Å². The molecule has 0 aromatic heterocycles. The van der Waals surface area contributed by atoms with Gasteiger partial charge in [0, 0.05) is 18.7 Å². The minimum Gasteiger partial charge on any atom is -0.484 e. The van der Waals surface area contributed by atoms with E-state index in [9.17, 15) is 19.7 Å². The Morgan fingerprint density at radius 2 is 2.14 bits per heavy atom. The summed E-state index contributed by atoms with van der Waals surface area (Å²) in [6, 6.07) is 3.32. The predicted octanol–water partition coefficient (Wildman–Crippen LogP) is 1.59. The monoisotopic (exact) mass is 296 g/mol. The van der Waals surface area contributed by atoms with Crippen molar-refractivity contribution in [3.63, 3.8) is 0 Å². The van der Waals surface area contributed by atoms with Crippen LogP contribution < -0.4 is 10.1 Å². The molecule has 1 rings (SSSR count). The molecule has 114 valence electrons. The first-order valence-corrected chi connectivity index (χ1v) is 6.37. The zero-order valence-corrected chi connectivity index (χ0v) is 11.5. The van der Waals surface area contributed by atoms with Crippen molar-refractivity contribution >= 4 is 17.6 Å². The van der Waals surface area contributed by atoms with Crippen molar-refractivity contribution in [2.24, 2.45) is 0 Å². The number of unbranched alkanes of at least 4 members (excludes halogenated alkanes) is 1. The first-order chi connectivity index (χ1) is 9.95. The minimum atomic E-state index is -1.43. The normalized spacial score (nSPS) is 9.95. The topological polar surface area (TPSA) is 119 Å². The van der Waals surface area contributed by atoms with E-state index >= 15 is 0 Å². The van der Waals surface area contributed by atoms with Gasteiger partial charge in [-0.15, -0.1) is 0 Å². The molecule has 1 aromatic rings. The minimum absolute atomic E-state index is 0.0867. The van der Waals surface area contributed by atoms with Crippen LogP contribution in [0.1, 0.15) is 30.1 Å². The molecule has 0 aliphatic rings. The molecule has 0 saturated carbocycles. The molecule has 0 spiro atoms. The molecule has 0 heterocycles. The van der Waals surface area contributed by atoms with Gasteiger partial charge in [-0.05, 0) is 12.5 Å². The smallest absolute Gasteiger partial charge is 0.342 e. The number of hydrogen-bond donors (Lipinski definition) is 2. The fraction of sp³-hybridized carbons (Fsp3) is 0.385. The molecule has 2 N–H and O–H groups in total. The Bertz CT molecular complexity index is 543. The van der Waals surface area contributed by atoms with Crippen LogP contribution in [0.2, 0.25) is 0 Å². The highest BCUT2D eigenvalue weighted by atomic mass is 16.6. The number of rotatable bonds is 8. The summed E-state index contributed by atoms with van der Waals surface area (Å²) >= 11 is 0. The van der Waals surface area contributed by atoms with Crippen molar-refractivity contribution < 1.29 is 24.4 Å². The Labute approximate surface area is 120 Å². The van der Waals surface area contributed by atoms with Gasteiger partial charge < -0.3 is 15.2 Å². The van der Waals surface area contributed by atoms with Crippen LogP contribution in [0.3, 0.4) is 0 Å². The van der Waals surface area contributed by atoms with Gasteiger partial charge in [0.05, 0.1) is 4.92 Å². The number of benzene rings is 1. The van der Waals surface area contributed by atoms with Gasteiger partial charge in [-0.1, -0.05) is 13.3 Å². The number of carbonyl (C=O) groups is 2. The van der Waals surface area contributed by atoms with Crippen molar-refractivity contribution in [1.29, 1.82) is 0 Å². The zero-order chi connectivity index (χ0) is 15.8. The summed E-state index contributed by atoms with van der Waals surface area (Å²) < 4.78 is 5.13. The van der Waals surface area contributed by atoms with E-state index in [1.165, 1.54) is 6.07 Å². The maximum Gasteiger partial charge on any atom is 0.342 e. The summed E-state index contributed by atoms with van der Waals surface area (Å²) in [6.07, 6.45) is 1.80. The number of carboxylic acids is 1. The van der Waals surface area contributed by atoms with Gasteiger partial charge in [-0.25, -0.2) is 4.79 Å². The molecule has 0 fully saturated rings. The maximum absolute atomic E-state index is 11.4. The number of nitrogens with zero attached hydrogens (tertiary/aromatic N) is 1. The van der Waals surface area contributed by atoms with E-state index in [4.69, 9.17) is 9.84 Å². The number of nitro groups is 1. The highest BCUT2D eigenvalue weighted by Gasteiger charge is 2.20. The molecule has 0 saturated heterocycles. The molecule has 0 aliphatic heterocycles. The van der Waals surface area contributed by atoms with Crippen molar-refractivity contribution in [2.75, 3.05) is 13.2 Å².